The van der Waals surface area contributed by atoms with E-state index in [9.17, 15) is 14.7 Å². The molecule has 2 N–H and O–H groups in total. The van der Waals surface area contributed by atoms with Gasteiger partial charge in [-0.15, -0.1) is 0 Å². The fourth-order valence-electron chi connectivity index (χ4n) is 3.00. The number of rotatable bonds is 3. The van der Waals surface area contributed by atoms with Gasteiger partial charge in [0.05, 0.1) is 10.9 Å². The number of fused-ring (bicyclic) bond motifs is 2. The molecule has 0 fully saturated rings. The average Bonchev–Trinajstić information content (AvgIpc) is 2.68. The molecule has 134 valence electrons. The minimum absolute atomic E-state index is 0.0590. The molecule has 0 unspecified atom stereocenters. The van der Waals surface area contributed by atoms with Gasteiger partial charge in [-0.1, -0.05) is 42.5 Å². The Morgan fingerprint density at radius 2 is 1.74 bits per heavy atom. The van der Waals surface area contributed by atoms with Crippen molar-refractivity contribution in [2.75, 3.05) is 0 Å². The van der Waals surface area contributed by atoms with E-state index in [0.717, 1.165) is 5.39 Å². The van der Waals surface area contributed by atoms with Crippen LogP contribution in [0.1, 0.15) is 29.2 Å². The first-order chi connectivity index (χ1) is 13.0. The number of benzene rings is 3. The summed E-state index contributed by atoms with van der Waals surface area (Å²) in [6.45, 7) is 1.61. The number of nitrogens with one attached hydrogen (secondary N) is 1. The minimum Gasteiger partial charge on any atom is -0.506 e. The highest BCUT2D eigenvalue weighted by Gasteiger charge is 2.20. The van der Waals surface area contributed by atoms with Gasteiger partial charge in [-0.2, -0.15) is 0 Å². The molecular weight excluding hydrogens is 344 g/mol. The summed E-state index contributed by atoms with van der Waals surface area (Å²) in [4.78, 5) is 31.7. The molecule has 4 aromatic rings. The maximum atomic E-state index is 12.5. The second-order valence-electron chi connectivity index (χ2n) is 6.20. The number of hydrogen-bond donors (Lipinski definition) is 2. The molecular formula is C21H16N2O4. The number of carbonyl (C=O) groups excluding carboxylic acids is 1. The molecule has 0 bridgehead atoms. The van der Waals surface area contributed by atoms with E-state index in [0.29, 0.717) is 16.3 Å². The third-order valence-corrected chi connectivity index (χ3v) is 4.42. The second-order valence-corrected chi connectivity index (χ2v) is 6.20. The van der Waals surface area contributed by atoms with Crippen LogP contribution in [0.3, 0.4) is 0 Å². The van der Waals surface area contributed by atoms with Crippen molar-refractivity contribution in [1.82, 2.24) is 9.97 Å². The van der Waals surface area contributed by atoms with Gasteiger partial charge in [0.15, 0.2) is 11.9 Å². The number of phenolic OH excluding ortho intramolecular Hbond substituents is 1. The lowest BCUT2D eigenvalue weighted by atomic mass is 10.1. The molecule has 6 nitrogen and oxygen atoms in total. The first kappa shape index (κ1) is 16.8. The first-order valence-corrected chi connectivity index (χ1v) is 8.45. The maximum absolute atomic E-state index is 12.5. The molecule has 1 heterocycles. The van der Waals surface area contributed by atoms with Crippen LogP contribution >= 0.6 is 0 Å². The fourth-order valence-corrected chi connectivity index (χ4v) is 3.00. The third kappa shape index (κ3) is 3.01. The second kappa shape index (κ2) is 6.57. The van der Waals surface area contributed by atoms with E-state index in [4.69, 9.17) is 4.74 Å². The zero-order valence-electron chi connectivity index (χ0n) is 14.5. The number of phenols is 1. The SMILES string of the molecule is C[C@H](OC(=O)c1ccc2ccccc2c1O)c1nc2ccccc2c(=O)[nH]1. The van der Waals surface area contributed by atoms with Crippen LogP contribution in [0.4, 0.5) is 0 Å². The van der Waals surface area contributed by atoms with Crippen molar-refractivity contribution in [1.29, 1.82) is 0 Å². The molecule has 6 heteroatoms. The van der Waals surface area contributed by atoms with E-state index in [1.54, 1.807) is 49.4 Å². The summed E-state index contributed by atoms with van der Waals surface area (Å²) < 4.78 is 5.42. The first-order valence-electron chi connectivity index (χ1n) is 8.45. The van der Waals surface area contributed by atoms with Crippen molar-refractivity contribution in [2.24, 2.45) is 0 Å². The Morgan fingerprint density at radius 3 is 2.56 bits per heavy atom. The van der Waals surface area contributed by atoms with Crippen molar-refractivity contribution in [3.63, 3.8) is 0 Å². The number of aromatic amines is 1. The van der Waals surface area contributed by atoms with E-state index >= 15 is 0 Å². The predicted octanol–water partition coefficient (Wildman–Crippen LogP) is 3.70. The zero-order chi connectivity index (χ0) is 19.0. The van der Waals surface area contributed by atoms with Crippen molar-refractivity contribution >= 4 is 27.6 Å². The highest BCUT2D eigenvalue weighted by atomic mass is 16.5. The quantitative estimate of drug-likeness (QED) is 0.544. The third-order valence-electron chi connectivity index (χ3n) is 4.42. The summed E-state index contributed by atoms with van der Waals surface area (Å²) in [5.41, 5.74) is 0.281. The number of aromatic hydroxyl groups is 1. The smallest absolute Gasteiger partial charge is 0.342 e. The summed E-state index contributed by atoms with van der Waals surface area (Å²) in [6, 6.07) is 17.4. The van der Waals surface area contributed by atoms with Gasteiger partial charge in [0.1, 0.15) is 11.3 Å². The molecule has 4 rings (SSSR count). The number of ether oxygens (including phenoxy) is 1. The van der Waals surface area contributed by atoms with Crippen LogP contribution < -0.4 is 5.56 Å². The van der Waals surface area contributed by atoms with Crippen molar-refractivity contribution in [2.45, 2.75) is 13.0 Å². The number of carbonyl (C=O) groups is 1. The molecule has 0 aliphatic heterocycles. The Hall–Kier alpha value is -3.67. The molecule has 1 aromatic heterocycles. The molecule has 1 atom stereocenters. The molecule has 0 aliphatic rings. The van der Waals surface area contributed by atoms with Crippen LogP contribution in [0.5, 0.6) is 5.75 Å². The van der Waals surface area contributed by atoms with Crippen molar-refractivity contribution in [3.05, 3.63) is 82.4 Å². The van der Waals surface area contributed by atoms with E-state index < -0.39 is 12.1 Å². The van der Waals surface area contributed by atoms with Gasteiger partial charge in [0, 0.05) is 5.39 Å². The van der Waals surface area contributed by atoms with Crippen LogP contribution in [0.15, 0.2) is 65.5 Å². The van der Waals surface area contributed by atoms with E-state index in [1.807, 2.05) is 12.1 Å². The summed E-state index contributed by atoms with van der Waals surface area (Å²) in [5.74, 6) is -0.584. The van der Waals surface area contributed by atoms with Crippen LogP contribution in [-0.4, -0.2) is 21.0 Å². The lowest BCUT2D eigenvalue weighted by Crippen LogP contribution is -2.17. The zero-order valence-corrected chi connectivity index (χ0v) is 14.5. The number of para-hydroxylation sites is 1. The van der Waals surface area contributed by atoms with Gasteiger partial charge in [0.25, 0.3) is 5.56 Å². The van der Waals surface area contributed by atoms with Crippen LogP contribution in [0.25, 0.3) is 21.7 Å². The monoisotopic (exact) mass is 360 g/mol. The molecule has 0 radical (unpaired) electrons. The number of H-pyrrole nitrogens is 1. The van der Waals surface area contributed by atoms with Crippen molar-refractivity contribution in [3.8, 4) is 5.75 Å². The van der Waals surface area contributed by atoms with Gasteiger partial charge in [-0.05, 0) is 30.5 Å². The molecule has 0 saturated heterocycles. The summed E-state index contributed by atoms with van der Waals surface area (Å²) in [6.07, 6.45) is -0.791. The van der Waals surface area contributed by atoms with Crippen molar-refractivity contribution < 1.29 is 14.6 Å². The van der Waals surface area contributed by atoms with Crippen LogP contribution in [0.2, 0.25) is 0 Å². The molecule has 0 saturated carbocycles. The Bertz CT molecular complexity index is 1230. The highest BCUT2D eigenvalue weighted by Crippen LogP contribution is 2.30. The predicted molar refractivity (Wildman–Crippen MR) is 102 cm³/mol. The van der Waals surface area contributed by atoms with Gasteiger partial charge >= 0.3 is 5.97 Å². The number of esters is 1. The normalized spacial score (nSPS) is 12.2. The Morgan fingerprint density at radius 1 is 1.04 bits per heavy atom. The highest BCUT2D eigenvalue weighted by molar-refractivity contribution is 6.01. The van der Waals surface area contributed by atoms with Gasteiger partial charge < -0.3 is 14.8 Å². The minimum atomic E-state index is -0.791. The summed E-state index contributed by atoms with van der Waals surface area (Å²) in [5, 5.41) is 12.3. The topological polar surface area (TPSA) is 92.3 Å². The lowest BCUT2D eigenvalue weighted by molar-refractivity contribution is 0.0317. The Labute approximate surface area is 154 Å². The van der Waals surface area contributed by atoms with Gasteiger partial charge in [-0.25, -0.2) is 9.78 Å². The molecule has 0 aliphatic carbocycles. The molecule has 3 aromatic carbocycles. The number of nitrogens with zero attached hydrogens (tertiary/aromatic N) is 1. The number of aromatic nitrogens is 2. The fraction of sp³-hybridized carbons (Fsp3) is 0.0952. The largest absolute Gasteiger partial charge is 0.506 e. The summed E-state index contributed by atoms with van der Waals surface area (Å²) >= 11 is 0. The average molecular weight is 360 g/mol. The van der Waals surface area contributed by atoms with E-state index in [1.165, 1.54) is 6.07 Å². The molecule has 0 amide bonds. The van der Waals surface area contributed by atoms with Crippen LogP contribution in [-0.2, 0) is 4.74 Å². The Balaban J connectivity index is 1.65. The van der Waals surface area contributed by atoms with Gasteiger partial charge in [-0.3, -0.25) is 4.79 Å². The van der Waals surface area contributed by atoms with Gasteiger partial charge in [0.2, 0.25) is 0 Å². The molecule has 27 heavy (non-hydrogen) atoms. The van der Waals surface area contributed by atoms with E-state index in [-0.39, 0.29) is 22.7 Å². The van der Waals surface area contributed by atoms with E-state index in [2.05, 4.69) is 9.97 Å². The Kier molecular flexibility index (Phi) is 4.08. The lowest BCUT2D eigenvalue weighted by Gasteiger charge is -2.14. The summed E-state index contributed by atoms with van der Waals surface area (Å²) in [7, 11) is 0. The van der Waals surface area contributed by atoms with Crippen LogP contribution in [0, 0.1) is 0 Å². The number of hydrogen-bond acceptors (Lipinski definition) is 5. The standard InChI is InChI=1S/C21H16N2O4/c1-12(19-22-17-9-5-4-8-15(17)20(25)23-19)27-21(26)16-11-10-13-6-2-3-7-14(13)18(16)24/h2-12,24H,1H3,(H,22,23,25)/t12-/m0/s1. The molecule has 0 spiro atoms. The maximum Gasteiger partial charge on any atom is 0.342 e.